The van der Waals surface area contributed by atoms with Crippen LogP contribution in [0.5, 0.6) is 0 Å². The summed E-state index contributed by atoms with van der Waals surface area (Å²) in [7, 11) is 0. The second-order valence-corrected chi connectivity index (χ2v) is 4.47. The zero-order valence-electron chi connectivity index (χ0n) is 8.22. The second-order valence-electron chi connectivity index (χ2n) is 4.47. The maximum Gasteiger partial charge on any atom is -0.00147 e. The molecule has 2 unspecified atom stereocenters. The van der Waals surface area contributed by atoms with Gasteiger partial charge in [-0.1, -0.05) is 27.7 Å². The smallest absolute Gasteiger partial charge is 0.00147 e. The van der Waals surface area contributed by atoms with Crippen molar-refractivity contribution in [3.63, 3.8) is 0 Å². The predicted molar refractivity (Wildman–Crippen MR) is 49.5 cm³/mol. The van der Waals surface area contributed by atoms with E-state index in [0.717, 1.165) is 23.7 Å². The van der Waals surface area contributed by atoms with Gasteiger partial charge >= 0.3 is 0 Å². The van der Waals surface area contributed by atoms with Crippen LogP contribution in [-0.4, -0.2) is 13.1 Å². The van der Waals surface area contributed by atoms with Crippen LogP contribution >= 0.6 is 0 Å². The van der Waals surface area contributed by atoms with Crippen LogP contribution in [0, 0.1) is 23.7 Å². The number of hydrogen-bond acceptors (Lipinski definition) is 1. The van der Waals surface area contributed by atoms with Gasteiger partial charge in [0.1, 0.15) is 0 Å². The van der Waals surface area contributed by atoms with Crippen molar-refractivity contribution in [2.75, 3.05) is 13.1 Å². The van der Waals surface area contributed by atoms with Crippen LogP contribution in [0.3, 0.4) is 0 Å². The number of hydrogen-bond donors (Lipinski definition) is 1. The lowest BCUT2D eigenvalue weighted by molar-refractivity contribution is 0.257. The first kappa shape index (κ1) is 9.05. The van der Waals surface area contributed by atoms with Gasteiger partial charge in [-0.2, -0.15) is 0 Å². The van der Waals surface area contributed by atoms with Gasteiger partial charge in [0.25, 0.3) is 0 Å². The Kier molecular flexibility index (Phi) is 2.94. The Morgan fingerprint density at radius 1 is 0.909 bits per heavy atom. The van der Waals surface area contributed by atoms with E-state index < -0.39 is 0 Å². The molecule has 0 aromatic carbocycles. The summed E-state index contributed by atoms with van der Waals surface area (Å²) in [5, 5.41) is 3.49. The first-order valence-electron chi connectivity index (χ1n) is 4.83. The molecular formula is C10H21N. The second kappa shape index (κ2) is 3.57. The number of nitrogens with one attached hydrogen (secondary N) is 1. The lowest BCUT2D eigenvalue weighted by atomic mass is 9.80. The van der Waals surface area contributed by atoms with E-state index >= 15 is 0 Å². The highest BCUT2D eigenvalue weighted by molar-refractivity contribution is 4.84. The largest absolute Gasteiger partial charge is 0.316 e. The molecule has 1 heteroatoms. The predicted octanol–water partition coefficient (Wildman–Crippen LogP) is 2.13. The Morgan fingerprint density at radius 3 is 1.55 bits per heavy atom. The van der Waals surface area contributed by atoms with Crippen molar-refractivity contribution in [2.45, 2.75) is 27.7 Å². The van der Waals surface area contributed by atoms with Crippen LogP contribution in [0.25, 0.3) is 0 Å². The summed E-state index contributed by atoms with van der Waals surface area (Å²) in [6.45, 7) is 11.8. The number of rotatable bonds is 2. The van der Waals surface area contributed by atoms with Crippen molar-refractivity contribution in [3.05, 3.63) is 0 Å². The van der Waals surface area contributed by atoms with Gasteiger partial charge in [0, 0.05) is 0 Å². The van der Waals surface area contributed by atoms with Crippen LogP contribution in [0.4, 0.5) is 0 Å². The quantitative estimate of drug-likeness (QED) is 0.644. The molecule has 1 aliphatic rings. The van der Waals surface area contributed by atoms with Gasteiger partial charge in [0.2, 0.25) is 0 Å². The third-order valence-electron chi connectivity index (χ3n) is 3.02. The summed E-state index contributed by atoms with van der Waals surface area (Å²) in [6, 6.07) is 0. The molecule has 0 bridgehead atoms. The summed E-state index contributed by atoms with van der Waals surface area (Å²) < 4.78 is 0. The first-order valence-corrected chi connectivity index (χ1v) is 4.83. The third-order valence-corrected chi connectivity index (χ3v) is 3.02. The van der Waals surface area contributed by atoms with E-state index in [9.17, 15) is 0 Å². The van der Waals surface area contributed by atoms with Gasteiger partial charge in [-0.05, 0) is 36.8 Å². The molecule has 0 amide bonds. The van der Waals surface area contributed by atoms with Crippen molar-refractivity contribution in [1.29, 1.82) is 0 Å². The van der Waals surface area contributed by atoms with E-state index in [1.165, 1.54) is 13.1 Å². The zero-order valence-corrected chi connectivity index (χ0v) is 8.22. The molecule has 0 aromatic rings. The van der Waals surface area contributed by atoms with Gasteiger partial charge in [0.05, 0.1) is 0 Å². The van der Waals surface area contributed by atoms with Gasteiger partial charge in [-0.15, -0.1) is 0 Å². The minimum Gasteiger partial charge on any atom is -0.316 e. The summed E-state index contributed by atoms with van der Waals surface area (Å²) in [6.07, 6.45) is 0. The molecule has 1 heterocycles. The van der Waals surface area contributed by atoms with Crippen LogP contribution in [0.2, 0.25) is 0 Å². The fourth-order valence-corrected chi connectivity index (χ4v) is 2.18. The van der Waals surface area contributed by atoms with E-state index in [1.807, 2.05) is 0 Å². The Hall–Kier alpha value is -0.0400. The molecule has 1 nitrogen and oxygen atoms in total. The molecule has 0 aromatic heterocycles. The van der Waals surface area contributed by atoms with E-state index in [0.29, 0.717) is 0 Å². The molecule has 1 fully saturated rings. The summed E-state index contributed by atoms with van der Waals surface area (Å²) in [4.78, 5) is 0. The molecule has 66 valence electrons. The van der Waals surface area contributed by atoms with Crippen LogP contribution < -0.4 is 5.32 Å². The summed E-state index contributed by atoms with van der Waals surface area (Å²) >= 11 is 0. The van der Waals surface area contributed by atoms with Gasteiger partial charge in [-0.3, -0.25) is 0 Å². The lowest BCUT2D eigenvalue weighted by Gasteiger charge is -2.24. The fraction of sp³-hybridized carbons (Fsp3) is 1.00. The Balaban J connectivity index is 2.51. The monoisotopic (exact) mass is 155 g/mol. The maximum absolute atomic E-state index is 3.49. The highest BCUT2D eigenvalue weighted by Gasteiger charge is 2.30. The molecule has 1 rings (SSSR count). The van der Waals surface area contributed by atoms with Crippen molar-refractivity contribution in [3.8, 4) is 0 Å². The average molecular weight is 155 g/mol. The standard InChI is InChI=1S/C10H21N/c1-7(2)9-5-11-6-10(9)8(3)4/h7-11H,5-6H2,1-4H3. The van der Waals surface area contributed by atoms with Crippen molar-refractivity contribution in [2.24, 2.45) is 23.7 Å². The maximum atomic E-state index is 3.49. The van der Waals surface area contributed by atoms with Crippen LogP contribution in [0.15, 0.2) is 0 Å². The molecule has 11 heavy (non-hydrogen) atoms. The fourth-order valence-electron chi connectivity index (χ4n) is 2.18. The highest BCUT2D eigenvalue weighted by Crippen LogP contribution is 2.29. The molecule has 0 radical (unpaired) electrons. The molecule has 2 atom stereocenters. The normalized spacial score (nSPS) is 32.2. The van der Waals surface area contributed by atoms with E-state index in [1.54, 1.807) is 0 Å². The Bertz CT molecular complexity index is 104. The van der Waals surface area contributed by atoms with E-state index in [-0.39, 0.29) is 0 Å². The van der Waals surface area contributed by atoms with Gasteiger partial charge in [0.15, 0.2) is 0 Å². The van der Waals surface area contributed by atoms with Crippen LogP contribution in [-0.2, 0) is 0 Å². The van der Waals surface area contributed by atoms with Gasteiger partial charge < -0.3 is 5.32 Å². The summed E-state index contributed by atoms with van der Waals surface area (Å²) in [5.41, 5.74) is 0. The molecule has 1 aliphatic heterocycles. The van der Waals surface area contributed by atoms with Crippen molar-refractivity contribution < 1.29 is 0 Å². The molecule has 1 N–H and O–H groups in total. The third kappa shape index (κ3) is 1.96. The molecule has 0 saturated carbocycles. The SMILES string of the molecule is CC(C)C1CNCC1C(C)C. The van der Waals surface area contributed by atoms with Crippen LogP contribution in [0.1, 0.15) is 27.7 Å². The summed E-state index contributed by atoms with van der Waals surface area (Å²) in [5.74, 6) is 3.51. The molecule has 1 saturated heterocycles. The Morgan fingerprint density at radius 2 is 1.27 bits per heavy atom. The molecule has 0 spiro atoms. The topological polar surface area (TPSA) is 12.0 Å². The van der Waals surface area contributed by atoms with Crippen molar-refractivity contribution >= 4 is 0 Å². The van der Waals surface area contributed by atoms with E-state index in [4.69, 9.17) is 0 Å². The highest BCUT2D eigenvalue weighted by atomic mass is 14.9. The van der Waals surface area contributed by atoms with Gasteiger partial charge in [-0.25, -0.2) is 0 Å². The minimum absolute atomic E-state index is 0.845. The average Bonchev–Trinajstić information content (AvgIpc) is 2.32. The lowest BCUT2D eigenvalue weighted by Crippen LogP contribution is -2.22. The molecule has 0 aliphatic carbocycles. The minimum atomic E-state index is 0.845. The first-order chi connectivity index (χ1) is 5.13. The van der Waals surface area contributed by atoms with E-state index in [2.05, 4.69) is 33.0 Å². The zero-order chi connectivity index (χ0) is 8.43. The van der Waals surface area contributed by atoms with Crippen molar-refractivity contribution in [1.82, 2.24) is 5.32 Å². The molecular weight excluding hydrogens is 134 g/mol. The Labute approximate surface area is 70.6 Å².